The lowest BCUT2D eigenvalue weighted by atomic mass is 10.2. The van der Waals surface area contributed by atoms with Gasteiger partial charge in [-0.3, -0.25) is 9.79 Å². The lowest BCUT2D eigenvalue weighted by Crippen LogP contribution is -2.33. The molecule has 0 unspecified atom stereocenters. The summed E-state index contributed by atoms with van der Waals surface area (Å²) >= 11 is 0. The summed E-state index contributed by atoms with van der Waals surface area (Å²) < 4.78 is 15.9. The minimum atomic E-state index is -0.197. The summed E-state index contributed by atoms with van der Waals surface area (Å²) in [5.74, 6) is 1.60. The maximum absolute atomic E-state index is 12.0. The molecule has 0 radical (unpaired) electrons. The molecule has 1 heterocycles. The van der Waals surface area contributed by atoms with Crippen LogP contribution in [-0.2, 0) is 4.74 Å². The summed E-state index contributed by atoms with van der Waals surface area (Å²) in [5, 5.41) is 9.30. The van der Waals surface area contributed by atoms with Gasteiger partial charge in [-0.15, -0.1) is 0 Å². The number of benzene rings is 1. The Morgan fingerprint density at radius 3 is 2.69 bits per heavy atom. The van der Waals surface area contributed by atoms with E-state index in [4.69, 9.17) is 13.9 Å². The van der Waals surface area contributed by atoms with Crippen LogP contribution in [0.25, 0.3) is 0 Å². The van der Waals surface area contributed by atoms with Crippen molar-refractivity contribution in [2.75, 3.05) is 45.8 Å². The Labute approximate surface area is 171 Å². The minimum absolute atomic E-state index is 0.197. The van der Waals surface area contributed by atoms with E-state index >= 15 is 0 Å². The zero-order valence-electron chi connectivity index (χ0n) is 17.3. The molecular formula is C21H30N4O4. The number of amides is 1. The molecule has 2 aromatic rings. The van der Waals surface area contributed by atoms with Crippen LogP contribution in [0.5, 0.6) is 5.75 Å². The van der Waals surface area contributed by atoms with E-state index in [9.17, 15) is 4.79 Å². The molecular weight excluding hydrogens is 372 g/mol. The number of ether oxygens (including phenoxy) is 2. The molecule has 0 spiro atoms. The van der Waals surface area contributed by atoms with Crippen LogP contribution in [0.15, 0.2) is 46.0 Å². The van der Waals surface area contributed by atoms with E-state index in [1.165, 1.54) is 6.26 Å². The van der Waals surface area contributed by atoms with Crippen molar-refractivity contribution in [3.05, 3.63) is 47.9 Å². The molecule has 1 aromatic carbocycles. The minimum Gasteiger partial charge on any atom is -0.493 e. The van der Waals surface area contributed by atoms with Crippen molar-refractivity contribution in [1.82, 2.24) is 10.6 Å². The van der Waals surface area contributed by atoms with E-state index in [1.54, 1.807) is 20.2 Å². The summed E-state index contributed by atoms with van der Waals surface area (Å²) in [5.41, 5.74) is 1.71. The van der Waals surface area contributed by atoms with Crippen LogP contribution in [0, 0.1) is 6.92 Å². The standard InChI is InChI=1S/C21H30N4O4/c1-16-9-14-29-19(16)20(26)23-10-5-11-24-21(22-2)25-17-7-4-8-18(15-17)28-13-6-12-27-3/h4,7-9,14-15H,5-6,10-13H2,1-3H3,(H,23,26)(H2,22,24,25). The third-order valence-electron chi connectivity index (χ3n) is 4.08. The molecule has 8 heteroatoms. The molecule has 0 fully saturated rings. The summed E-state index contributed by atoms with van der Waals surface area (Å²) in [4.78, 5) is 16.2. The predicted octanol–water partition coefficient (Wildman–Crippen LogP) is 2.81. The Hall–Kier alpha value is -3.00. The third-order valence-corrected chi connectivity index (χ3v) is 4.08. The van der Waals surface area contributed by atoms with Gasteiger partial charge in [0.05, 0.1) is 12.9 Å². The molecule has 2 rings (SSSR count). The first-order valence-electron chi connectivity index (χ1n) is 9.65. The third kappa shape index (κ3) is 7.87. The molecule has 158 valence electrons. The van der Waals surface area contributed by atoms with Crippen LogP contribution in [0.1, 0.15) is 29.0 Å². The van der Waals surface area contributed by atoms with E-state index < -0.39 is 0 Å². The van der Waals surface area contributed by atoms with Crippen molar-refractivity contribution in [2.45, 2.75) is 19.8 Å². The van der Waals surface area contributed by atoms with Crippen molar-refractivity contribution < 1.29 is 18.7 Å². The first-order chi connectivity index (χ1) is 14.1. The number of aryl methyl sites for hydroxylation is 1. The second kappa shape index (κ2) is 12.5. The number of hydrogen-bond acceptors (Lipinski definition) is 5. The summed E-state index contributed by atoms with van der Waals surface area (Å²) in [6.07, 6.45) is 3.10. The van der Waals surface area contributed by atoms with E-state index in [-0.39, 0.29) is 5.91 Å². The Balaban J connectivity index is 1.69. The molecule has 1 amide bonds. The fourth-order valence-electron chi connectivity index (χ4n) is 2.56. The van der Waals surface area contributed by atoms with E-state index in [2.05, 4.69) is 20.9 Å². The molecule has 0 aliphatic rings. The monoisotopic (exact) mass is 402 g/mol. The van der Waals surface area contributed by atoms with Crippen LogP contribution >= 0.6 is 0 Å². The number of carbonyl (C=O) groups is 1. The van der Waals surface area contributed by atoms with Gasteiger partial charge >= 0.3 is 0 Å². The van der Waals surface area contributed by atoms with Crippen molar-refractivity contribution >= 4 is 17.6 Å². The molecule has 0 aliphatic carbocycles. The van der Waals surface area contributed by atoms with Crippen LogP contribution in [0.2, 0.25) is 0 Å². The van der Waals surface area contributed by atoms with Gasteiger partial charge < -0.3 is 29.8 Å². The summed E-state index contributed by atoms with van der Waals surface area (Å²) in [7, 11) is 3.39. The molecule has 0 saturated carbocycles. The lowest BCUT2D eigenvalue weighted by molar-refractivity contribution is 0.0925. The number of aliphatic imine (C=N–C) groups is 1. The molecule has 3 N–H and O–H groups in total. The van der Waals surface area contributed by atoms with Crippen molar-refractivity contribution in [2.24, 2.45) is 4.99 Å². The quantitative estimate of drug-likeness (QED) is 0.304. The molecule has 0 atom stereocenters. The number of methoxy groups -OCH3 is 1. The maximum Gasteiger partial charge on any atom is 0.287 e. The number of anilines is 1. The fourth-order valence-corrected chi connectivity index (χ4v) is 2.56. The van der Waals surface area contributed by atoms with Crippen LogP contribution in [0.3, 0.4) is 0 Å². The van der Waals surface area contributed by atoms with Gasteiger partial charge in [-0.05, 0) is 31.5 Å². The van der Waals surface area contributed by atoms with Crippen molar-refractivity contribution in [1.29, 1.82) is 0 Å². The highest BCUT2D eigenvalue weighted by Crippen LogP contribution is 2.17. The van der Waals surface area contributed by atoms with Gasteiger partial charge in [0.15, 0.2) is 11.7 Å². The predicted molar refractivity (Wildman–Crippen MR) is 114 cm³/mol. The van der Waals surface area contributed by atoms with Crippen LogP contribution in [0.4, 0.5) is 5.69 Å². The van der Waals surface area contributed by atoms with E-state index in [0.29, 0.717) is 38.0 Å². The first-order valence-corrected chi connectivity index (χ1v) is 9.65. The average molecular weight is 402 g/mol. The number of carbonyl (C=O) groups excluding carboxylic acids is 1. The topological polar surface area (TPSA) is 97.1 Å². The Morgan fingerprint density at radius 2 is 1.97 bits per heavy atom. The average Bonchev–Trinajstić information content (AvgIpc) is 3.16. The summed E-state index contributed by atoms with van der Waals surface area (Å²) in [6.45, 7) is 4.32. The smallest absolute Gasteiger partial charge is 0.287 e. The van der Waals surface area contributed by atoms with Gasteiger partial charge in [0, 0.05) is 57.6 Å². The Morgan fingerprint density at radius 1 is 1.14 bits per heavy atom. The molecule has 0 aliphatic heterocycles. The lowest BCUT2D eigenvalue weighted by Gasteiger charge is -2.13. The molecule has 8 nitrogen and oxygen atoms in total. The van der Waals surface area contributed by atoms with E-state index in [0.717, 1.165) is 29.8 Å². The SMILES string of the molecule is CN=C(NCCCNC(=O)c1occc1C)Nc1cccc(OCCCOC)c1. The fraction of sp³-hybridized carbons (Fsp3) is 0.429. The van der Waals surface area contributed by atoms with Gasteiger partial charge in [-0.1, -0.05) is 6.07 Å². The van der Waals surface area contributed by atoms with E-state index in [1.807, 2.05) is 31.2 Å². The zero-order chi connectivity index (χ0) is 20.9. The molecule has 0 bridgehead atoms. The van der Waals surface area contributed by atoms with Gasteiger partial charge in [0.2, 0.25) is 0 Å². The van der Waals surface area contributed by atoms with Gasteiger partial charge in [0.25, 0.3) is 5.91 Å². The number of furan rings is 1. The van der Waals surface area contributed by atoms with Crippen LogP contribution < -0.4 is 20.7 Å². The second-order valence-electron chi connectivity index (χ2n) is 6.39. The van der Waals surface area contributed by atoms with Crippen molar-refractivity contribution in [3.8, 4) is 5.75 Å². The van der Waals surface area contributed by atoms with Gasteiger partial charge in [-0.25, -0.2) is 0 Å². The number of nitrogens with one attached hydrogen (secondary N) is 3. The summed E-state index contributed by atoms with van der Waals surface area (Å²) in [6, 6.07) is 9.48. The normalized spacial score (nSPS) is 11.2. The largest absolute Gasteiger partial charge is 0.493 e. The second-order valence-corrected chi connectivity index (χ2v) is 6.39. The number of rotatable bonds is 11. The molecule has 0 saturated heterocycles. The van der Waals surface area contributed by atoms with Gasteiger partial charge in [0.1, 0.15) is 5.75 Å². The first kappa shape index (κ1) is 22.3. The molecule has 29 heavy (non-hydrogen) atoms. The number of guanidine groups is 1. The highest BCUT2D eigenvalue weighted by atomic mass is 16.5. The van der Waals surface area contributed by atoms with Crippen LogP contribution in [-0.4, -0.2) is 52.3 Å². The molecule has 1 aromatic heterocycles. The number of hydrogen-bond donors (Lipinski definition) is 3. The Bertz CT molecular complexity index is 788. The number of nitrogens with zero attached hydrogens (tertiary/aromatic N) is 1. The highest BCUT2D eigenvalue weighted by molar-refractivity contribution is 5.94. The van der Waals surface area contributed by atoms with Gasteiger partial charge in [-0.2, -0.15) is 0 Å². The maximum atomic E-state index is 12.0. The van der Waals surface area contributed by atoms with Crippen molar-refractivity contribution in [3.63, 3.8) is 0 Å². The zero-order valence-corrected chi connectivity index (χ0v) is 17.3. The highest BCUT2D eigenvalue weighted by Gasteiger charge is 2.11. The Kier molecular flexibility index (Phi) is 9.57.